The van der Waals surface area contributed by atoms with Gasteiger partial charge in [-0.05, 0) is 37.3 Å². The maximum Gasteiger partial charge on any atom is 0.306 e. The third-order valence-corrected chi connectivity index (χ3v) is 4.03. The fourth-order valence-electron chi connectivity index (χ4n) is 2.78. The molecule has 0 spiro atoms. The SMILES string of the molecule is Nc1nc(Cl)nc2c1ncn2C1CCC(C(=O)O)CC1. The molecule has 1 aliphatic carbocycles. The van der Waals surface area contributed by atoms with E-state index in [4.69, 9.17) is 22.4 Å². The van der Waals surface area contributed by atoms with E-state index in [1.54, 1.807) is 6.33 Å². The predicted molar refractivity (Wildman–Crippen MR) is 73.4 cm³/mol. The number of imidazole rings is 1. The molecular weight excluding hydrogens is 282 g/mol. The Morgan fingerprint density at radius 2 is 2.05 bits per heavy atom. The first-order valence-corrected chi connectivity index (χ1v) is 6.82. The van der Waals surface area contributed by atoms with Crippen LogP contribution in [0.5, 0.6) is 0 Å². The predicted octanol–water partition coefficient (Wildman–Crippen LogP) is 1.88. The highest BCUT2D eigenvalue weighted by Crippen LogP contribution is 2.34. The molecule has 8 heteroatoms. The smallest absolute Gasteiger partial charge is 0.306 e. The summed E-state index contributed by atoms with van der Waals surface area (Å²) in [7, 11) is 0. The second kappa shape index (κ2) is 4.90. The first-order chi connectivity index (χ1) is 9.56. The minimum atomic E-state index is -0.714. The Labute approximate surface area is 119 Å². The van der Waals surface area contributed by atoms with Crippen molar-refractivity contribution in [2.24, 2.45) is 5.92 Å². The molecule has 1 saturated carbocycles. The normalized spacial score (nSPS) is 23.1. The number of aliphatic carboxylic acids is 1. The zero-order chi connectivity index (χ0) is 14.3. The lowest BCUT2D eigenvalue weighted by molar-refractivity contribution is -0.143. The molecule has 0 aromatic carbocycles. The van der Waals surface area contributed by atoms with Crippen LogP contribution in [0.25, 0.3) is 11.2 Å². The van der Waals surface area contributed by atoms with E-state index in [1.165, 1.54) is 0 Å². The first kappa shape index (κ1) is 13.1. The topological polar surface area (TPSA) is 107 Å². The van der Waals surface area contributed by atoms with Gasteiger partial charge in [-0.3, -0.25) is 4.79 Å². The molecular formula is C12H14ClN5O2. The molecule has 0 saturated heterocycles. The summed E-state index contributed by atoms with van der Waals surface area (Å²) in [6.07, 6.45) is 4.56. The Kier molecular flexibility index (Phi) is 3.21. The van der Waals surface area contributed by atoms with Crippen molar-refractivity contribution in [2.45, 2.75) is 31.7 Å². The highest BCUT2D eigenvalue weighted by molar-refractivity contribution is 6.28. The number of hydrogen-bond acceptors (Lipinski definition) is 5. The summed E-state index contributed by atoms with van der Waals surface area (Å²) in [5, 5.41) is 9.12. The second-order valence-corrected chi connectivity index (χ2v) is 5.38. The van der Waals surface area contributed by atoms with Gasteiger partial charge < -0.3 is 15.4 Å². The van der Waals surface area contributed by atoms with E-state index in [-0.39, 0.29) is 23.1 Å². The van der Waals surface area contributed by atoms with Gasteiger partial charge in [-0.1, -0.05) is 0 Å². The van der Waals surface area contributed by atoms with Crippen molar-refractivity contribution in [1.29, 1.82) is 0 Å². The molecule has 0 bridgehead atoms. The van der Waals surface area contributed by atoms with Gasteiger partial charge in [0, 0.05) is 6.04 Å². The van der Waals surface area contributed by atoms with E-state index in [0.717, 1.165) is 12.8 Å². The van der Waals surface area contributed by atoms with Crippen LogP contribution >= 0.6 is 11.6 Å². The van der Waals surface area contributed by atoms with E-state index in [1.807, 2.05) is 4.57 Å². The van der Waals surface area contributed by atoms with Crippen LogP contribution in [-0.2, 0) is 4.79 Å². The Bertz CT molecular complexity index is 663. The summed E-state index contributed by atoms with van der Waals surface area (Å²) >= 11 is 5.84. The molecule has 0 amide bonds. The molecule has 0 unspecified atom stereocenters. The first-order valence-electron chi connectivity index (χ1n) is 6.44. The summed E-state index contributed by atoms with van der Waals surface area (Å²) in [4.78, 5) is 23.3. The Morgan fingerprint density at radius 1 is 1.35 bits per heavy atom. The van der Waals surface area contributed by atoms with Gasteiger partial charge in [-0.25, -0.2) is 4.98 Å². The van der Waals surface area contributed by atoms with Crippen LogP contribution in [0.1, 0.15) is 31.7 Å². The largest absolute Gasteiger partial charge is 0.481 e. The number of nitrogens with two attached hydrogens (primary N) is 1. The van der Waals surface area contributed by atoms with Gasteiger partial charge in [-0.15, -0.1) is 0 Å². The van der Waals surface area contributed by atoms with Crippen LogP contribution < -0.4 is 5.73 Å². The van der Waals surface area contributed by atoms with Gasteiger partial charge >= 0.3 is 5.97 Å². The number of carboxylic acid groups (broad SMARTS) is 1. The third kappa shape index (κ3) is 2.18. The summed E-state index contributed by atoms with van der Waals surface area (Å²) in [5.74, 6) is -0.698. The van der Waals surface area contributed by atoms with Crippen molar-refractivity contribution in [2.75, 3.05) is 5.73 Å². The second-order valence-electron chi connectivity index (χ2n) is 5.05. The number of rotatable bonds is 2. The maximum atomic E-state index is 11.0. The lowest BCUT2D eigenvalue weighted by Crippen LogP contribution is -2.23. The van der Waals surface area contributed by atoms with Gasteiger partial charge in [-0.2, -0.15) is 9.97 Å². The van der Waals surface area contributed by atoms with E-state index in [2.05, 4.69) is 15.0 Å². The molecule has 20 heavy (non-hydrogen) atoms. The lowest BCUT2D eigenvalue weighted by atomic mass is 9.86. The van der Waals surface area contributed by atoms with Crippen molar-refractivity contribution in [3.05, 3.63) is 11.6 Å². The number of nitrogen functional groups attached to an aromatic ring is 1. The molecule has 2 aromatic heterocycles. The van der Waals surface area contributed by atoms with E-state index in [9.17, 15) is 4.79 Å². The van der Waals surface area contributed by atoms with Crippen LogP contribution in [-0.4, -0.2) is 30.6 Å². The van der Waals surface area contributed by atoms with E-state index >= 15 is 0 Å². The fraction of sp³-hybridized carbons (Fsp3) is 0.500. The highest BCUT2D eigenvalue weighted by Gasteiger charge is 2.28. The molecule has 3 rings (SSSR count). The monoisotopic (exact) mass is 295 g/mol. The Hall–Kier alpha value is -1.89. The average molecular weight is 296 g/mol. The average Bonchev–Trinajstić information content (AvgIpc) is 2.82. The van der Waals surface area contributed by atoms with Crippen LogP contribution in [0, 0.1) is 5.92 Å². The number of halogens is 1. The molecule has 0 aliphatic heterocycles. The zero-order valence-corrected chi connectivity index (χ0v) is 11.4. The third-order valence-electron chi connectivity index (χ3n) is 3.86. The number of nitrogens with zero attached hydrogens (tertiary/aromatic N) is 4. The quantitative estimate of drug-likeness (QED) is 0.819. The molecule has 1 aliphatic rings. The number of hydrogen-bond donors (Lipinski definition) is 2. The van der Waals surface area contributed by atoms with Crippen LogP contribution in [0.2, 0.25) is 5.28 Å². The van der Waals surface area contributed by atoms with E-state index in [0.29, 0.717) is 24.0 Å². The molecule has 106 valence electrons. The van der Waals surface area contributed by atoms with Crippen LogP contribution in [0.15, 0.2) is 6.33 Å². The molecule has 0 atom stereocenters. The molecule has 2 aromatic rings. The van der Waals surface area contributed by atoms with Gasteiger partial charge in [0.25, 0.3) is 0 Å². The molecule has 0 radical (unpaired) electrons. The number of aromatic nitrogens is 4. The maximum absolute atomic E-state index is 11.0. The number of carboxylic acids is 1. The number of anilines is 1. The molecule has 3 N–H and O–H groups in total. The summed E-state index contributed by atoms with van der Waals surface area (Å²) in [5.41, 5.74) is 6.92. The van der Waals surface area contributed by atoms with Gasteiger partial charge in [0.15, 0.2) is 11.5 Å². The van der Waals surface area contributed by atoms with E-state index < -0.39 is 5.97 Å². The minimum absolute atomic E-state index is 0.0935. The zero-order valence-electron chi connectivity index (χ0n) is 10.7. The van der Waals surface area contributed by atoms with Crippen molar-refractivity contribution in [3.63, 3.8) is 0 Å². The van der Waals surface area contributed by atoms with Crippen LogP contribution in [0.4, 0.5) is 5.82 Å². The fourth-order valence-corrected chi connectivity index (χ4v) is 2.95. The molecule has 7 nitrogen and oxygen atoms in total. The highest BCUT2D eigenvalue weighted by atomic mass is 35.5. The van der Waals surface area contributed by atoms with Gasteiger partial charge in [0.05, 0.1) is 12.2 Å². The molecule has 1 fully saturated rings. The molecule has 2 heterocycles. The van der Waals surface area contributed by atoms with Gasteiger partial charge in [0.1, 0.15) is 5.52 Å². The van der Waals surface area contributed by atoms with Crippen molar-refractivity contribution < 1.29 is 9.90 Å². The van der Waals surface area contributed by atoms with Crippen molar-refractivity contribution in [1.82, 2.24) is 19.5 Å². The number of carbonyl (C=O) groups is 1. The Morgan fingerprint density at radius 3 is 2.70 bits per heavy atom. The summed E-state index contributed by atoms with van der Waals surface area (Å²) < 4.78 is 1.93. The summed E-state index contributed by atoms with van der Waals surface area (Å²) in [6, 6.07) is 0.181. The van der Waals surface area contributed by atoms with Crippen molar-refractivity contribution in [3.8, 4) is 0 Å². The standard InChI is InChI=1S/C12H14ClN5O2/c13-12-16-9(14)8-10(17-12)18(5-15-8)7-3-1-6(2-4-7)11(19)20/h5-7H,1-4H2,(H,19,20)(H2,14,16,17). The lowest BCUT2D eigenvalue weighted by Gasteiger charge is -2.27. The van der Waals surface area contributed by atoms with Gasteiger partial charge in [0.2, 0.25) is 5.28 Å². The van der Waals surface area contributed by atoms with Crippen molar-refractivity contribution >= 4 is 34.6 Å². The number of fused-ring (bicyclic) bond motifs is 1. The van der Waals surface area contributed by atoms with Crippen LogP contribution in [0.3, 0.4) is 0 Å². The Balaban J connectivity index is 1.90. The minimum Gasteiger partial charge on any atom is -0.481 e. The summed E-state index contributed by atoms with van der Waals surface area (Å²) in [6.45, 7) is 0.